The van der Waals surface area contributed by atoms with Crippen LogP contribution in [-0.2, 0) is 27.8 Å². The summed E-state index contributed by atoms with van der Waals surface area (Å²) in [6.07, 6.45) is 8.55. The summed E-state index contributed by atoms with van der Waals surface area (Å²) in [5.74, 6) is -4.43. The number of para-hydroxylation sites is 1. The monoisotopic (exact) mass is 1020 g/mol. The molecule has 0 bridgehead atoms. The van der Waals surface area contributed by atoms with Crippen LogP contribution in [0.15, 0.2) is 194 Å². The average molecular weight is 1020 g/mol. The molecule has 3 N–H and O–H groups in total. The molecule has 0 spiro atoms. The molecule has 0 radical (unpaired) electrons. The molecule has 2 heterocycles. The van der Waals surface area contributed by atoms with Gasteiger partial charge in [-0.2, -0.15) is 4.57 Å². The van der Waals surface area contributed by atoms with Crippen LogP contribution in [0.25, 0.3) is 50.3 Å². The van der Waals surface area contributed by atoms with E-state index in [0.717, 1.165) is 5.56 Å². The first-order valence-electron chi connectivity index (χ1n) is 24.7. The minimum atomic E-state index is -1.34. The maximum absolute atomic E-state index is 12.9. The normalized spacial score (nSPS) is 12.5. The van der Waals surface area contributed by atoms with E-state index in [1.54, 1.807) is 54.6 Å². The van der Waals surface area contributed by atoms with Crippen LogP contribution in [-0.4, -0.2) is 64.6 Å². The Kier molecular flexibility index (Phi) is 16.1. The lowest BCUT2D eigenvalue weighted by Crippen LogP contribution is -2.32. The molecule has 12 heteroatoms. The molecule has 2 aromatic heterocycles. The number of pyridine rings is 1. The number of benzene rings is 7. The van der Waals surface area contributed by atoms with E-state index in [1.807, 2.05) is 30.3 Å². The smallest absolute Gasteiger partial charge is 0.339 e. The van der Waals surface area contributed by atoms with E-state index >= 15 is 0 Å². The van der Waals surface area contributed by atoms with E-state index in [2.05, 4.69) is 134 Å². The Labute approximate surface area is 446 Å². The number of carbonyl (C=O) groups excluding carboxylic acids is 2. The third kappa shape index (κ3) is 11.3. The Balaban J connectivity index is 0.000000157. The van der Waals surface area contributed by atoms with Crippen molar-refractivity contribution in [3.63, 3.8) is 0 Å². The number of carbonyl (C=O) groups is 4. The first kappa shape index (κ1) is 53.5. The van der Waals surface area contributed by atoms with E-state index in [1.165, 1.54) is 76.3 Å². The number of rotatable bonds is 12. The number of aromatic carboxylic acids is 2. The molecular weight excluding hydrogens is 967 g/mol. The van der Waals surface area contributed by atoms with Crippen LogP contribution in [0.5, 0.6) is 11.5 Å². The van der Waals surface area contributed by atoms with Crippen LogP contribution in [0.2, 0.25) is 0 Å². The van der Waals surface area contributed by atoms with Crippen LogP contribution in [0.4, 0.5) is 5.69 Å². The summed E-state index contributed by atoms with van der Waals surface area (Å²) in [5.41, 5.74) is 9.75. The summed E-state index contributed by atoms with van der Waals surface area (Å²) in [5, 5.41) is 46.1. The van der Waals surface area contributed by atoms with Gasteiger partial charge < -0.3 is 34.6 Å². The van der Waals surface area contributed by atoms with Crippen molar-refractivity contribution >= 4 is 73.8 Å². The van der Waals surface area contributed by atoms with E-state index in [9.17, 15) is 39.6 Å². The fourth-order valence-corrected chi connectivity index (χ4v) is 9.69. The topological polar surface area (TPSA) is 173 Å². The first-order chi connectivity index (χ1) is 37.0. The van der Waals surface area contributed by atoms with Crippen molar-refractivity contribution in [2.75, 3.05) is 26.1 Å². The minimum Gasteiger partial charge on any atom is -0.872 e. The van der Waals surface area contributed by atoms with Crippen molar-refractivity contribution in [2.45, 2.75) is 26.2 Å². The van der Waals surface area contributed by atoms with Gasteiger partial charge in [-0.15, -0.1) is 6.58 Å². The maximum Gasteiger partial charge on any atom is 0.339 e. The zero-order chi connectivity index (χ0) is 55.1. The van der Waals surface area contributed by atoms with E-state index in [0.29, 0.717) is 27.1 Å². The number of phenols is 1. The van der Waals surface area contributed by atoms with Gasteiger partial charge >= 0.3 is 11.9 Å². The molecule has 1 aliphatic carbocycles. The fourth-order valence-electron chi connectivity index (χ4n) is 9.69. The summed E-state index contributed by atoms with van der Waals surface area (Å²) >= 11 is 0. The number of ketones is 2. The summed E-state index contributed by atoms with van der Waals surface area (Å²) in [6, 6.07) is 49.8. The van der Waals surface area contributed by atoms with Gasteiger partial charge in [0.25, 0.3) is 0 Å². The molecule has 7 aromatic carbocycles. The number of carboxylic acid groups (broad SMARTS) is 2. The number of methoxy groups -OCH3 is 1. The van der Waals surface area contributed by atoms with Gasteiger partial charge in [0.2, 0.25) is 17.0 Å². The average Bonchev–Trinajstić information content (AvgIpc) is 3.74. The zero-order valence-electron chi connectivity index (χ0n) is 43.5. The lowest BCUT2D eigenvalue weighted by molar-refractivity contribution is -0.646. The summed E-state index contributed by atoms with van der Waals surface area (Å²) in [4.78, 5) is 49.1. The Morgan fingerprint density at radius 2 is 1.31 bits per heavy atom. The highest BCUT2D eigenvalue weighted by Gasteiger charge is 2.26. The molecule has 1 aliphatic rings. The van der Waals surface area contributed by atoms with Gasteiger partial charge in [0, 0.05) is 90.0 Å². The zero-order valence-corrected chi connectivity index (χ0v) is 43.5. The van der Waals surface area contributed by atoms with Crippen molar-refractivity contribution in [1.29, 1.82) is 0 Å². The summed E-state index contributed by atoms with van der Waals surface area (Å²) in [6.45, 7) is 8.10. The maximum atomic E-state index is 12.9. The molecule has 12 nitrogen and oxygen atoms in total. The van der Waals surface area contributed by atoms with Gasteiger partial charge in [0.1, 0.15) is 18.4 Å². The molecule has 386 valence electrons. The van der Waals surface area contributed by atoms with Gasteiger partial charge in [0.15, 0.2) is 11.5 Å². The number of nitrogens with zero attached hydrogens (tertiary/aromatic N) is 3. The number of fused-ring (bicyclic) bond motifs is 3. The van der Waals surface area contributed by atoms with Crippen LogP contribution in [0, 0.1) is 13.8 Å². The molecule has 0 aliphatic heterocycles. The molecular formula is C65H57N3O9. The van der Waals surface area contributed by atoms with Gasteiger partial charge in [-0.3, -0.25) is 9.59 Å². The van der Waals surface area contributed by atoms with Crippen LogP contribution in [0.3, 0.4) is 0 Å². The Morgan fingerprint density at radius 1 is 0.714 bits per heavy atom. The number of allylic oxidation sites excluding steroid dienone is 4. The van der Waals surface area contributed by atoms with Crippen molar-refractivity contribution in [3.8, 4) is 17.2 Å². The second-order valence-corrected chi connectivity index (χ2v) is 18.7. The second-order valence-electron chi connectivity index (χ2n) is 18.7. The van der Waals surface area contributed by atoms with Crippen LogP contribution < -0.4 is 14.6 Å². The van der Waals surface area contributed by atoms with Crippen molar-refractivity contribution < 1.29 is 48.9 Å². The molecule has 77 heavy (non-hydrogen) atoms. The molecule has 0 fully saturated rings. The highest BCUT2D eigenvalue weighted by atomic mass is 16.5. The molecule has 9 aromatic rings. The largest absolute Gasteiger partial charge is 0.872 e. The first-order valence-corrected chi connectivity index (χ1v) is 24.7. The minimum absolute atomic E-state index is 0.0737. The number of aromatic hydroxyl groups is 1. The van der Waals surface area contributed by atoms with E-state index < -0.39 is 23.4 Å². The number of aromatic nitrogens is 2. The summed E-state index contributed by atoms with van der Waals surface area (Å²) < 4.78 is 9.42. The number of anilines is 1. The third-order valence-electron chi connectivity index (χ3n) is 13.7. The Bertz CT molecular complexity index is 3770. The van der Waals surface area contributed by atoms with Gasteiger partial charge in [-0.25, -0.2) is 9.59 Å². The molecule has 10 rings (SSSR count). The highest BCUT2D eigenvalue weighted by Crippen LogP contribution is 2.38. The third-order valence-corrected chi connectivity index (χ3v) is 13.7. The molecule has 1 atom stereocenters. The van der Waals surface area contributed by atoms with Crippen LogP contribution in [0.1, 0.15) is 66.0 Å². The lowest BCUT2D eigenvalue weighted by Gasteiger charge is -2.21. The second kappa shape index (κ2) is 23.2. The molecule has 0 saturated heterocycles. The van der Waals surface area contributed by atoms with Crippen molar-refractivity contribution in [2.24, 2.45) is 7.05 Å². The van der Waals surface area contributed by atoms with Crippen molar-refractivity contribution in [1.82, 2.24) is 4.57 Å². The summed E-state index contributed by atoms with van der Waals surface area (Å²) in [7, 11) is 7.65. The predicted molar refractivity (Wildman–Crippen MR) is 302 cm³/mol. The molecule has 0 amide bonds. The quantitative estimate of drug-likeness (QED) is 0.0607. The van der Waals surface area contributed by atoms with Crippen LogP contribution >= 0.6 is 0 Å². The fraction of sp³-hybridized carbons (Fsp3) is 0.123. The molecule has 0 saturated carbocycles. The highest BCUT2D eigenvalue weighted by molar-refractivity contribution is 6.20. The Hall–Kier alpha value is -9.81. The lowest BCUT2D eigenvalue weighted by atomic mass is 9.85. The van der Waals surface area contributed by atoms with Gasteiger partial charge in [-0.1, -0.05) is 109 Å². The number of carboxylic acids is 2. The van der Waals surface area contributed by atoms with Gasteiger partial charge in [-0.05, 0) is 113 Å². The predicted octanol–water partition coefficient (Wildman–Crippen LogP) is 11.6. The van der Waals surface area contributed by atoms with Gasteiger partial charge in [0.05, 0.1) is 12.7 Å². The number of hydrogen-bond acceptors (Lipinski definition) is 8. The van der Waals surface area contributed by atoms with Crippen molar-refractivity contribution in [3.05, 3.63) is 244 Å². The van der Waals surface area contributed by atoms with E-state index in [-0.39, 0.29) is 51.9 Å². The van der Waals surface area contributed by atoms with E-state index in [4.69, 9.17) is 4.74 Å². The number of aryl methyl sites for hydroxylation is 2. The number of ether oxygens (including phenoxy) is 1. The standard InChI is InChI=1S/C26H28N3.C23H16O6.C16H14O3/c1-19-17-21(20(2)29(19)24-9-7-6-8-10-24)11-13-23-14-12-22-18-25(27(3)4)15-16-26(22)28(23)5;24-20-16(14-7-3-1-5-12(14)9-18(20)22(26)27)11-17-15-8-4-2-6-13(15)10-19(21(17)25)23(28)29;1-3-12(11-7-5-4-6-8-11)13-9-15(18)16(19-2)10-14(13)17/h6-18H,1-5H3;1-10,24-25H,11H2,(H,26,27)(H,28,29);3-10,12H,1H2,2H3/q+1;;/p-1. The number of hydrogen-bond donors (Lipinski definition) is 3. The molecule has 1 unspecified atom stereocenters. The SMILES string of the molecule is C=CC(C1=CC(=O)C(OC)=CC1=O)c1ccccc1.Cc1cc(C=Cc2ccc3cc(N(C)C)ccc3[n+]2C)c(C)n1-c1ccccc1.O=C(O)c1cc2ccccc2c(Cc2c(O)c(C(=O)O)cc3ccccc23)c1[O-]. The Morgan fingerprint density at radius 3 is 1.92 bits per heavy atom.